The van der Waals surface area contributed by atoms with E-state index in [2.05, 4.69) is 6.92 Å². The van der Waals surface area contributed by atoms with Gasteiger partial charge in [0.15, 0.2) is 0 Å². The van der Waals surface area contributed by atoms with Crippen LogP contribution in [-0.2, 0) is 6.61 Å². The average molecular weight is 151 g/mol. The first-order chi connectivity index (χ1) is 5.29. The van der Waals surface area contributed by atoms with Crippen LogP contribution in [0.3, 0.4) is 0 Å². The highest BCUT2D eigenvalue weighted by atomic mass is 16.5. The number of ether oxygens (including phenoxy) is 1. The second-order valence-electron chi connectivity index (χ2n) is 2.26. The van der Waals surface area contributed by atoms with Crippen LogP contribution in [0.15, 0.2) is 18.2 Å². The zero-order valence-electron chi connectivity index (χ0n) is 6.50. The molecule has 0 atom stereocenters. The monoisotopic (exact) mass is 151 g/mol. The lowest BCUT2D eigenvalue weighted by atomic mass is 10.1. The van der Waals surface area contributed by atoms with E-state index in [-0.39, 0.29) is 6.61 Å². The summed E-state index contributed by atoms with van der Waals surface area (Å²) < 4.78 is 5.01. The molecule has 0 aromatic heterocycles. The number of rotatable bonds is 2. The largest absolute Gasteiger partial charge is 0.496 e. The second-order valence-corrected chi connectivity index (χ2v) is 2.26. The third kappa shape index (κ3) is 1.52. The van der Waals surface area contributed by atoms with Crippen LogP contribution in [0.5, 0.6) is 5.75 Å². The van der Waals surface area contributed by atoms with Crippen molar-refractivity contribution in [2.24, 2.45) is 0 Å². The van der Waals surface area contributed by atoms with Gasteiger partial charge in [-0.15, -0.1) is 0 Å². The van der Waals surface area contributed by atoms with Gasteiger partial charge in [0.1, 0.15) is 5.75 Å². The van der Waals surface area contributed by atoms with Gasteiger partial charge in [-0.25, -0.2) is 0 Å². The van der Waals surface area contributed by atoms with E-state index >= 15 is 0 Å². The highest BCUT2D eigenvalue weighted by molar-refractivity contribution is 5.41. The Morgan fingerprint density at radius 2 is 2.27 bits per heavy atom. The molecule has 1 rings (SSSR count). The van der Waals surface area contributed by atoms with Gasteiger partial charge in [0.2, 0.25) is 0 Å². The third-order valence-electron chi connectivity index (χ3n) is 1.62. The molecule has 1 aromatic carbocycles. The molecule has 1 radical (unpaired) electrons. The Bertz CT molecular complexity index is 221. The molecule has 0 heterocycles. The maximum atomic E-state index is 8.84. The molecule has 0 fully saturated rings. The van der Waals surface area contributed by atoms with E-state index in [1.165, 1.54) is 0 Å². The molecule has 0 aliphatic heterocycles. The van der Waals surface area contributed by atoms with Crippen LogP contribution in [0.1, 0.15) is 11.1 Å². The fraction of sp³-hybridized carbons (Fsp3) is 0.222. The molecule has 1 aromatic rings. The quantitative estimate of drug-likeness (QED) is 0.691. The van der Waals surface area contributed by atoms with Crippen molar-refractivity contribution in [3.63, 3.8) is 0 Å². The van der Waals surface area contributed by atoms with E-state index < -0.39 is 0 Å². The van der Waals surface area contributed by atoms with Crippen molar-refractivity contribution in [1.29, 1.82) is 0 Å². The Morgan fingerprint density at radius 3 is 2.82 bits per heavy atom. The van der Waals surface area contributed by atoms with Crippen LogP contribution >= 0.6 is 0 Å². The molecular formula is C9H11O2. The molecule has 2 nitrogen and oxygen atoms in total. The molecule has 2 heteroatoms. The van der Waals surface area contributed by atoms with Crippen molar-refractivity contribution < 1.29 is 9.84 Å². The second kappa shape index (κ2) is 3.39. The minimum absolute atomic E-state index is 0.00995. The van der Waals surface area contributed by atoms with E-state index in [1.807, 2.05) is 18.2 Å². The van der Waals surface area contributed by atoms with Gasteiger partial charge in [-0.05, 0) is 24.1 Å². The van der Waals surface area contributed by atoms with Gasteiger partial charge in [0.25, 0.3) is 0 Å². The highest BCUT2D eigenvalue weighted by Crippen LogP contribution is 2.20. The molecular weight excluding hydrogens is 140 g/mol. The number of methoxy groups -OCH3 is 1. The molecule has 0 aliphatic rings. The van der Waals surface area contributed by atoms with E-state index in [9.17, 15) is 0 Å². The molecule has 0 spiro atoms. The third-order valence-corrected chi connectivity index (χ3v) is 1.62. The SMILES string of the molecule is [CH2]c1c(CO)cccc1OC. The fourth-order valence-corrected chi connectivity index (χ4v) is 0.950. The van der Waals surface area contributed by atoms with E-state index in [0.29, 0.717) is 0 Å². The van der Waals surface area contributed by atoms with Crippen molar-refractivity contribution in [2.75, 3.05) is 7.11 Å². The summed E-state index contributed by atoms with van der Waals surface area (Å²) in [5.41, 5.74) is 1.57. The van der Waals surface area contributed by atoms with Gasteiger partial charge < -0.3 is 9.84 Å². The molecule has 0 unspecified atom stereocenters. The zero-order chi connectivity index (χ0) is 8.27. The number of hydrogen-bond acceptors (Lipinski definition) is 2. The summed E-state index contributed by atoms with van der Waals surface area (Å²) in [5.74, 6) is 0.719. The predicted molar refractivity (Wildman–Crippen MR) is 43.4 cm³/mol. The van der Waals surface area contributed by atoms with Gasteiger partial charge in [-0.3, -0.25) is 0 Å². The topological polar surface area (TPSA) is 29.5 Å². The lowest BCUT2D eigenvalue weighted by Gasteiger charge is -2.06. The van der Waals surface area contributed by atoms with Crippen LogP contribution in [0.2, 0.25) is 0 Å². The molecule has 0 aliphatic carbocycles. The molecule has 0 saturated heterocycles. The minimum Gasteiger partial charge on any atom is -0.496 e. The Hall–Kier alpha value is -1.02. The lowest BCUT2D eigenvalue weighted by Crippen LogP contribution is -1.92. The Balaban J connectivity index is 3.10. The van der Waals surface area contributed by atoms with Crippen molar-refractivity contribution in [3.05, 3.63) is 36.2 Å². The summed E-state index contributed by atoms with van der Waals surface area (Å²) in [6.07, 6.45) is 0. The van der Waals surface area contributed by atoms with Crippen LogP contribution < -0.4 is 4.74 Å². The number of aliphatic hydroxyl groups is 1. The van der Waals surface area contributed by atoms with Crippen molar-refractivity contribution >= 4 is 0 Å². The zero-order valence-corrected chi connectivity index (χ0v) is 6.50. The smallest absolute Gasteiger partial charge is 0.122 e. The number of hydrogen-bond donors (Lipinski definition) is 1. The highest BCUT2D eigenvalue weighted by Gasteiger charge is 2.01. The Labute approximate surface area is 66.4 Å². The van der Waals surface area contributed by atoms with E-state index in [1.54, 1.807) is 7.11 Å². The summed E-state index contributed by atoms with van der Waals surface area (Å²) in [6.45, 7) is 3.79. The summed E-state index contributed by atoms with van der Waals surface area (Å²) in [4.78, 5) is 0. The minimum atomic E-state index is 0.00995. The maximum Gasteiger partial charge on any atom is 0.122 e. The van der Waals surface area contributed by atoms with Gasteiger partial charge in [0.05, 0.1) is 13.7 Å². The van der Waals surface area contributed by atoms with E-state index in [4.69, 9.17) is 9.84 Å². The predicted octanol–water partition coefficient (Wildman–Crippen LogP) is 1.37. The van der Waals surface area contributed by atoms with Gasteiger partial charge in [-0.1, -0.05) is 12.1 Å². The summed E-state index contributed by atoms with van der Waals surface area (Å²) in [7, 11) is 1.59. The summed E-state index contributed by atoms with van der Waals surface area (Å²) in [5, 5.41) is 8.84. The standard InChI is InChI=1S/C9H11O2/c1-7-8(6-10)4-3-5-9(7)11-2/h3-5,10H,1,6H2,2H3. The van der Waals surface area contributed by atoms with Crippen molar-refractivity contribution in [1.82, 2.24) is 0 Å². The van der Waals surface area contributed by atoms with Gasteiger partial charge in [0, 0.05) is 0 Å². The molecule has 0 amide bonds. The molecule has 0 saturated carbocycles. The van der Waals surface area contributed by atoms with Crippen molar-refractivity contribution in [3.8, 4) is 5.75 Å². The van der Waals surface area contributed by atoms with Crippen LogP contribution in [0.4, 0.5) is 0 Å². The van der Waals surface area contributed by atoms with Gasteiger partial charge in [-0.2, -0.15) is 0 Å². The summed E-state index contributed by atoms with van der Waals surface area (Å²) >= 11 is 0. The first-order valence-electron chi connectivity index (χ1n) is 3.38. The molecule has 11 heavy (non-hydrogen) atoms. The number of aliphatic hydroxyl groups excluding tert-OH is 1. The Kier molecular flexibility index (Phi) is 2.49. The van der Waals surface area contributed by atoms with Crippen molar-refractivity contribution in [2.45, 2.75) is 6.61 Å². The van der Waals surface area contributed by atoms with Crippen LogP contribution in [0, 0.1) is 6.92 Å². The van der Waals surface area contributed by atoms with E-state index in [0.717, 1.165) is 16.9 Å². The lowest BCUT2D eigenvalue weighted by molar-refractivity contribution is 0.280. The Morgan fingerprint density at radius 1 is 1.55 bits per heavy atom. The number of benzene rings is 1. The van der Waals surface area contributed by atoms with Crippen LogP contribution in [-0.4, -0.2) is 12.2 Å². The first-order valence-corrected chi connectivity index (χ1v) is 3.38. The molecule has 1 N–H and O–H groups in total. The van der Waals surface area contributed by atoms with Crippen LogP contribution in [0.25, 0.3) is 0 Å². The molecule has 59 valence electrons. The first kappa shape index (κ1) is 8.08. The maximum absolute atomic E-state index is 8.84. The summed E-state index contributed by atoms with van der Waals surface area (Å²) in [6, 6.07) is 5.48. The fourth-order valence-electron chi connectivity index (χ4n) is 0.950. The normalized spacial score (nSPS) is 9.73. The average Bonchev–Trinajstić information content (AvgIpc) is 2.05. The molecule has 0 bridgehead atoms. The van der Waals surface area contributed by atoms with Gasteiger partial charge >= 0.3 is 0 Å².